The summed E-state index contributed by atoms with van der Waals surface area (Å²) in [5.74, 6) is -1.81. The lowest BCUT2D eigenvalue weighted by molar-refractivity contribution is -0.143. The number of nitrogens with zero attached hydrogens (tertiary/aromatic N) is 1. The van der Waals surface area contributed by atoms with Crippen LogP contribution in [-0.4, -0.2) is 51.9 Å². The van der Waals surface area contributed by atoms with Crippen LogP contribution in [0.5, 0.6) is 0 Å². The maximum Gasteiger partial charge on any atom is 0.326 e. The van der Waals surface area contributed by atoms with E-state index in [4.69, 9.17) is 0 Å². The number of carboxylic acid groups (broad SMARTS) is 1. The molecule has 152 valence electrons. The molecule has 2 fully saturated rings. The fraction of sp³-hybridized carbons (Fsp3) is 0.789. The van der Waals surface area contributed by atoms with Gasteiger partial charge < -0.3 is 15.7 Å². The van der Waals surface area contributed by atoms with Crippen LogP contribution in [0, 0.1) is 17.3 Å². The van der Waals surface area contributed by atoms with Gasteiger partial charge in [0.05, 0.1) is 0 Å². The summed E-state index contributed by atoms with van der Waals surface area (Å²) in [6, 6.07) is -1.63. The van der Waals surface area contributed by atoms with Gasteiger partial charge in [0.2, 0.25) is 5.91 Å². The summed E-state index contributed by atoms with van der Waals surface area (Å²) in [6.07, 6.45) is 2.31. The minimum Gasteiger partial charge on any atom is -0.480 e. The van der Waals surface area contributed by atoms with E-state index in [1.54, 1.807) is 0 Å². The summed E-state index contributed by atoms with van der Waals surface area (Å²) in [4.78, 5) is 49.9. The normalized spacial score (nSPS) is 28.4. The van der Waals surface area contributed by atoms with Crippen molar-refractivity contribution in [1.82, 2.24) is 15.5 Å². The molecule has 0 aromatic rings. The third-order valence-electron chi connectivity index (χ3n) is 5.27. The van der Waals surface area contributed by atoms with Crippen LogP contribution in [0.4, 0.5) is 4.79 Å². The second-order valence-electron chi connectivity index (χ2n) is 9.35. The number of carbonyl (C=O) groups excluding carboxylic acids is 3. The fourth-order valence-corrected chi connectivity index (χ4v) is 4.73. The van der Waals surface area contributed by atoms with Crippen molar-refractivity contribution in [2.24, 2.45) is 17.3 Å². The van der Waals surface area contributed by atoms with Crippen molar-refractivity contribution >= 4 is 23.8 Å². The number of aliphatic carboxylic acids is 1. The smallest absolute Gasteiger partial charge is 0.326 e. The van der Waals surface area contributed by atoms with E-state index in [0.717, 1.165) is 11.3 Å². The van der Waals surface area contributed by atoms with Gasteiger partial charge in [0.15, 0.2) is 0 Å². The van der Waals surface area contributed by atoms with E-state index in [-0.39, 0.29) is 23.7 Å². The largest absolute Gasteiger partial charge is 0.480 e. The highest BCUT2D eigenvalue weighted by molar-refractivity contribution is 6.09. The second kappa shape index (κ2) is 7.48. The Hall–Kier alpha value is -2.12. The fourth-order valence-electron chi connectivity index (χ4n) is 4.73. The Morgan fingerprint density at radius 3 is 2.44 bits per heavy atom. The van der Waals surface area contributed by atoms with E-state index in [9.17, 15) is 24.3 Å². The Bertz CT molecular complexity index is 645. The number of imide groups is 1. The molecule has 2 aliphatic rings. The molecule has 1 aliphatic heterocycles. The number of hydrogen-bond donors (Lipinski definition) is 3. The molecule has 0 aromatic heterocycles. The summed E-state index contributed by atoms with van der Waals surface area (Å²) in [7, 11) is 0. The van der Waals surface area contributed by atoms with Crippen LogP contribution in [-0.2, 0) is 14.4 Å². The lowest BCUT2D eigenvalue weighted by Gasteiger charge is -2.43. The lowest BCUT2D eigenvalue weighted by Crippen LogP contribution is -2.54. The molecule has 1 saturated carbocycles. The predicted molar refractivity (Wildman–Crippen MR) is 98.8 cm³/mol. The van der Waals surface area contributed by atoms with E-state index in [1.165, 1.54) is 0 Å². The molecule has 4 amide bonds. The maximum atomic E-state index is 13.0. The predicted octanol–water partition coefficient (Wildman–Crippen LogP) is 1.74. The Labute approximate surface area is 160 Å². The Morgan fingerprint density at radius 1 is 1.30 bits per heavy atom. The van der Waals surface area contributed by atoms with Crippen LogP contribution in [0.1, 0.15) is 60.3 Å². The molecule has 1 saturated heterocycles. The van der Waals surface area contributed by atoms with Crippen LogP contribution in [0.25, 0.3) is 0 Å². The molecule has 2 unspecified atom stereocenters. The molecule has 0 radical (unpaired) electrons. The zero-order valence-electron chi connectivity index (χ0n) is 16.8. The minimum atomic E-state index is -1.13. The van der Waals surface area contributed by atoms with Crippen molar-refractivity contribution in [3.8, 4) is 0 Å². The SMILES string of the molecule is CC(C)C[C@H](NC(=O)CN1C(=O)NC2(CC(C)CC(C)(C)C2)C1=O)C(=O)O. The minimum absolute atomic E-state index is 0.0809. The van der Waals surface area contributed by atoms with Gasteiger partial charge >= 0.3 is 12.0 Å². The van der Waals surface area contributed by atoms with Gasteiger partial charge in [-0.05, 0) is 42.9 Å². The van der Waals surface area contributed by atoms with E-state index in [2.05, 4.69) is 31.4 Å². The van der Waals surface area contributed by atoms with Gasteiger partial charge in [0.25, 0.3) is 5.91 Å². The summed E-state index contributed by atoms with van der Waals surface area (Å²) < 4.78 is 0. The monoisotopic (exact) mass is 381 g/mol. The molecule has 0 aromatic carbocycles. The van der Waals surface area contributed by atoms with Crippen molar-refractivity contribution in [1.29, 1.82) is 0 Å². The first-order chi connectivity index (χ1) is 12.3. The van der Waals surface area contributed by atoms with E-state index >= 15 is 0 Å². The molecule has 1 spiro atoms. The number of carbonyl (C=O) groups is 4. The van der Waals surface area contributed by atoms with Gasteiger partial charge in [-0.15, -0.1) is 0 Å². The summed E-state index contributed by atoms with van der Waals surface area (Å²) in [5, 5.41) is 14.5. The van der Waals surface area contributed by atoms with Gasteiger partial charge in [0.1, 0.15) is 18.1 Å². The van der Waals surface area contributed by atoms with Crippen molar-refractivity contribution in [2.45, 2.75) is 71.9 Å². The maximum absolute atomic E-state index is 13.0. The summed E-state index contributed by atoms with van der Waals surface area (Å²) in [6.45, 7) is 9.44. The number of urea groups is 1. The topological polar surface area (TPSA) is 116 Å². The quantitative estimate of drug-likeness (QED) is 0.606. The second-order valence-corrected chi connectivity index (χ2v) is 9.35. The van der Waals surface area contributed by atoms with Crippen molar-refractivity contribution < 1.29 is 24.3 Å². The first kappa shape index (κ1) is 21.2. The molecule has 8 heteroatoms. The molecule has 3 atom stereocenters. The molecule has 0 bridgehead atoms. The average molecular weight is 381 g/mol. The van der Waals surface area contributed by atoms with Crippen molar-refractivity contribution in [3.05, 3.63) is 0 Å². The third-order valence-corrected chi connectivity index (χ3v) is 5.27. The van der Waals surface area contributed by atoms with E-state index in [1.807, 2.05) is 13.8 Å². The molecule has 3 N–H and O–H groups in total. The van der Waals surface area contributed by atoms with Crippen LogP contribution < -0.4 is 10.6 Å². The van der Waals surface area contributed by atoms with Crippen molar-refractivity contribution in [3.63, 3.8) is 0 Å². The molecular weight excluding hydrogens is 350 g/mol. The zero-order valence-corrected chi connectivity index (χ0v) is 16.8. The highest BCUT2D eigenvalue weighted by atomic mass is 16.4. The average Bonchev–Trinajstić information content (AvgIpc) is 2.67. The Morgan fingerprint density at radius 2 is 1.93 bits per heavy atom. The standard InChI is InChI=1S/C19H31N3O5/c1-11(2)6-13(15(24)25)20-14(23)9-22-16(26)19(21-17(22)27)8-12(3)7-18(4,5)10-19/h11-13H,6-10H2,1-5H3,(H,20,23)(H,21,27)(H,24,25)/t12?,13-,19?/m0/s1. The molecule has 8 nitrogen and oxygen atoms in total. The molecule has 27 heavy (non-hydrogen) atoms. The summed E-state index contributed by atoms with van der Waals surface area (Å²) >= 11 is 0. The van der Waals surface area contributed by atoms with E-state index < -0.39 is 41.9 Å². The highest BCUT2D eigenvalue weighted by Gasteiger charge is 2.56. The molecule has 2 rings (SSSR count). The molecule has 1 aliphatic carbocycles. The summed E-state index contributed by atoms with van der Waals surface area (Å²) in [5.41, 5.74) is -1.06. The molecular formula is C19H31N3O5. The number of carboxylic acids is 1. The van der Waals surface area contributed by atoms with Crippen molar-refractivity contribution in [2.75, 3.05) is 6.54 Å². The van der Waals surface area contributed by atoms with Gasteiger partial charge in [-0.3, -0.25) is 14.5 Å². The zero-order chi connectivity index (χ0) is 20.6. The Kier molecular flexibility index (Phi) is 5.87. The Balaban J connectivity index is 2.09. The van der Waals surface area contributed by atoms with Crippen LogP contribution in [0.15, 0.2) is 0 Å². The highest BCUT2D eigenvalue weighted by Crippen LogP contribution is 2.46. The van der Waals surface area contributed by atoms with Crippen LogP contribution in [0.2, 0.25) is 0 Å². The molecule has 1 heterocycles. The number of nitrogens with one attached hydrogen (secondary N) is 2. The first-order valence-electron chi connectivity index (χ1n) is 9.51. The van der Waals surface area contributed by atoms with Gasteiger partial charge in [-0.2, -0.15) is 0 Å². The van der Waals surface area contributed by atoms with E-state index in [0.29, 0.717) is 12.8 Å². The number of amides is 4. The lowest BCUT2D eigenvalue weighted by atomic mass is 9.64. The van der Waals surface area contributed by atoms with Crippen LogP contribution in [0.3, 0.4) is 0 Å². The van der Waals surface area contributed by atoms with Gasteiger partial charge in [-0.1, -0.05) is 34.6 Å². The van der Waals surface area contributed by atoms with Gasteiger partial charge in [-0.25, -0.2) is 9.59 Å². The number of rotatable bonds is 6. The first-order valence-corrected chi connectivity index (χ1v) is 9.51. The van der Waals surface area contributed by atoms with Gasteiger partial charge in [0, 0.05) is 0 Å². The number of hydrogen-bond acceptors (Lipinski definition) is 4. The van der Waals surface area contributed by atoms with Crippen LogP contribution >= 0.6 is 0 Å². The third kappa shape index (κ3) is 4.78.